The van der Waals surface area contributed by atoms with E-state index in [0.29, 0.717) is 25.2 Å². The Morgan fingerprint density at radius 3 is 2.33 bits per heavy atom. The molecule has 0 unspecified atom stereocenters. The fourth-order valence-corrected chi connectivity index (χ4v) is 4.48. The molecule has 3 rings (SSSR count). The fraction of sp³-hybridized carbons (Fsp3) is 0.350. The van der Waals surface area contributed by atoms with Gasteiger partial charge in [0.1, 0.15) is 0 Å². The average molecular weight is 388 g/mol. The molecule has 1 saturated heterocycles. The summed E-state index contributed by atoms with van der Waals surface area (Å²) in [6, 6.07) is 14.1. The van der Waals surface area contributed by atoms with Crippen LogP contribution in [0, 0.1) is 6.92 Å². The van der Waals surface area contributed by atoms with Gasteiger partial charge in [-0.1, -0.05) is 29.8 Å². The van der Waals surface area contributed by atoms with E-state index >= 15 is 0 Å². The second-order valence-corrected chi connectivity index (χ2v) is 8.84. The molecule has 1 aliphatic rings. The molecule has 0 atom stereocenters. The first-order valence-corrected chi connectivity index (χ1v) is 10.4. The van der Waals surface area contributed by atoms with Crippen molar-refractivity contribution in [3.05, 3.63) is 65.2 Å². The lowest BCUT2D eigenvalue weighted by Gasteiger charge is -2.31. The number of nitrogens with one attached hydrogen (secondary N) is 1. The van der Waals surface area contributed by atoms with Crippen LogP contribution in [-0.4, -0.2) is 56.8 Å². The fourth-order valence-electron chi connectivity index (χ4n) is 3.06. The Hall–Kier alpha value is -2.22. The Morgan fingerprint density at radius 1 is 1.04 bits per heavy atom. The van der Waals surface area contributed by atoms with Crippen molar-refractivity contribution in [1.29, 1.82) is 0 Å². The molecule has 0 radical (unpaired) electrons. The normalized spacial score (nSPS) is 16.2. The van der Waals surface area contributed by atoms with Gasteiger partial charge in [-0.05, 0) is 43.8 Å². The number of carbonyl (C=O) groups is 1. The van der Waals surface area contributed by atoms with Crippen LogP contribution in [0.2, 0.25) is 0 Å². The average Bonchev–Trinajstić information content (AvgIpc) is 2.66. The van der Waals surface area contributed by atoms with Crippen LogP contribution in [0.3, 0.4) is 0 Å². The molecule has 1 N–H and O–H groups in total. The molecular weight excluding hydrogens is 362 g/mol. The minimum Gasteiger partial charge on any atom is -0.348 e. The number of amides is 1. The summed E-state index contributed by atoms with van der Waals surface area (Å²) in [7, 11) is -1.53. The van der Waals surface area contributed by atoms with E-state index < -0.39 is 10.0 Å². The number of sulfonamides is 1. The molecule has 1 amide bonds. The summed E-state index contributed by atoms with van der Waals surface area (Å²) in [4.78, 5) is 14.7. The molecule has 1 aliphatic heterocycles. The summed E-state index contributed by atoms with van der Waals surface area (Å²) in [5.41, 5.74) is 2.61. The van der Waals surface area contributed by atoms with E-state index in [9.17, 15) is 13.2 Å². The molecule has 0 bridgehead atoms. The maximum atomic E-state index is 12.7. The highest BCUT2D eigenvalue weighted by atomic mass is 32.2. The number of nitrogens with zero attached hydrogens (tertiary/aromatic N) is 2. The van der Waals surface area contributed by atoms with Gasteiger partial charge in [-0.25, -0.2) is 8.42 Å². The quantitative estimate of drug-likeness (QED) is 0.850. The molecular formula is C20H25N3O3S. The van der Waals surface area contributed by atoms with Crippen molar-refractivity contribution in [2.24, 2.45) is 0 Å². The van der Waals surface area contributed by atoms with Gasteiger partial charge >= 0.3 is 0 Å². The number of hydrogen-bond donors (Lipinski definition) is 1. The van der Waals surface area contributed by atoms with Crippen molar-refractivity contribution < 1.29 is 13.2 Å². The Morgan fingerprint density at radius 2 is 1.70 bits per heavy atom. The molecule has 0 spiro atoms. The van der Waals surface area contributed by atoms with Crippen molar-refractivity contribution in [3.63, 3.8) is 0 Å². The lowest BCUT2D eigenvalue weighted by Crippen LogP contribution is -2.47. The SMILES string of the molecule is Cc1cccc(CNC(=O)c2ccc(S(=O)(=O)N3CCN(C)CC3)cc2)c1. The third-order valence-corrected chi connectivity index (χ3v) is 6.66. The summed E-state index contributed by atoms with van der Waals surface area (Å²) < 4.78 is 26.9. The minimum atomic E-state index is -3.51. The number of rotatable bonds is 5. The number of hydrogen-bond acceptors (Lipinski definition) is 4. The lowest BCUT2D eigenvalue weighted by molar-refractivity contribution is 0.0951. The highest BCUT2D eigenvalue weighted by molar-refractivity contribution is 7.89. The zero-order valence-electron chi connectivity index (χ0n) is 15.7. The third-order valence-electron chi connectivity index (χ3n) is 4.75. The highest BCUT2D eigenvalue weighted by Gasteiger charge is 2.27. The van der Waals surface area contributed by atoms with Gasteiger partial charge in [0.2, 0.25) is 10.0 Å². The maximum Gasteiger partial charge on any atom is 0.251 e. The van der Waals surface area contributed by atoms with Crippen LogP contribution in [0.1, 0.15) is 21.5 Å². The lowest BCUT2D eigenvalue weighted by atomic mass is 10.1. The van der Waals surface area contributed by atoms with Crippen LogP contribution in [-0.2, 0) is 16.6 Å². The third kappa shape index (κ3) is 4.74. The van der Waals surface area contributed by atoms with E-state index in [1.54, 1.807) is 12.1 Å². The van der Waals surface area contributed by atoms with Gasteiger partial charge in [0.15, 0.2) is 0 Å². The van der Waals surface area contributed by atoms with Crippen LogP contribution in [0.25, 0.3) is 0 Å². The molecule has 2 aromatic rings. The van der Waals surface area contributed by atoms with Crippen molar-refractivity contribution >= 4 is 15.9 Å². The van der Waals surface area contributed by atoms with Gasteiger partial charge in [0.05, 0.1) is 4.90 Å². The number of aryl methyl sites for hydroxylation is 1. The minimum absolute atomic E-state index is 0.222. The van der Waals surface area contributed by atoms with E-state index in [0.717, 1.165) is 24.2 Å². The number of carbonyl (C=O) groups excluding carboxylic acids is 1. The molecule has 27 heavy (non-hydrogen) atoms. The van der Waals surface area contributed by atoms with E-state index in [1.165, 1.54) is 16.4 Å². The summed E-state index contributed by atoms with van der Waals surface area (Å²) in [5, 5.41) is 2.86. The molecule has 0 saturated carbocycles. The standard InChI is InChI=1S/C20H25N3O3S/c1-16-4-3-5-17(14-16)15-21-20(24)18-6-8-19(9-7-18)27(25,26)23-12-10-22(2)11-13-23/h3-9,14H,10-13,15H2,1-2H3,(H,21,24). The Bertz CT molecular complexity index is 902. The Labute approximate surface area is 160 Å². The second-order valence-electron chi connectivity index (χ2n) is 6.90. The van der Waals surface area contributed by atoms with Gasteiger partial charge in [-0.3, -0.25) is 4.79 Å². The van der Waals surface area contributed by atoms with Gasteiger partial charge in [-0.2, -0.15) is 4.31 Å². The van der Waals surface area contributed by atoms with E-state index in [4.69, 9.17) is 0 Å². The van der Waals surface area contributed by atoms with Crippen LogP contribution in [0.5, 0.6) is 0 Å². The molecule has 1 heterocycles. The molecule has 144 valence electrons. The first-order valence-electron chi connectivity index (χ1n) is 8.99. The predicted octanol–water partition coefficient (Wildman–Crippen LogP) is 1.86. The number of piperazine rings is 1. The van der Waals surface area contributed by atoms with Crippen LogP contribution >= 0.6 is 0 Å². The molecule has 2 aromatic carbocycles. The first kappa shape index (κ1) is 19.5. The molecule has 0 aromatic heterocycles. The maximum absolute atomic E-state index is 12.7. The van der Waals surface area contributed by atoms with Crippen molar-refractivity contribution in [1.82, 2.24) is 14.5 Å². The first-order chi connectivity index (χ1) is 12.9. The van der Waals surface area contributed by atoms with E-state index in [2.05, 4.69) is 10.2 Å². The topological polar surface area (TPSA) is 69.7 Å². The zero-order chi connectivity index (χ0) is 19.4. The summed E-state index contributed by atoms with van der Waals surface area (Å²) in [6.45, 7) is 4.85. The van der Waals surface area contributed by atoms with Crippen LogP contribution in [0.15, 0.2) is 53.4 Å². The Balaban J connectivity index is 1.64. The van der Waals surface area contributed by atoms with Gasteiger partial charge in [0.25, 0.3) is 5.91 Å². The molecule has 1 fully saturated rings. The van der Waals surface area contributed by atoms with E-state index in [-0.39, 0.29) is 10.8 Å². The molecule has 0 aliphatic carbocycles. The summed E-state index contributed by atoms with van der Waals surface area (Å²) in [5.74, 6) is -0.222. The van der Waals surface area contributed by atoms with Crippen LogP contribution < -0.4 is 5.32 Å². The molecule has 7 heteroatoms. The summed E-state index contributed by atoms with van der Waals surface area (Å²) in [6.07, 6.45) is 0. The Kier molecular flexibility index (Phi) is 5.94. The number of benzene rings is 2. The zero-order valence-corrected chi connectivity index (χ0v) is 16.5. The van der Waals surface area contributed by atoms with Gasteiger partial charge in [0, 0.05) is 38.3 Å². The monoisotopic (exact) mass is 387 g/mol. The van der Waals surface area contributed by atoms with Crippen molar-refractivity contribution in [2.75, 3.05) is 33.2 Å². The highest BCUT2D eigenvalue weighted by Crippen LogP contribution is 2.18. The second kappa shape index (κ2) is 8.21. The van der Waals surface area contributed by atoms with Gasteiger partial charge < -0.3 is 10.2 Å². The van der Waals surface area contributed by atoms with Crippen LogP contribution in [0.4, 0.5) is 0 Å². The van der Waals surface area contributed by atoms with E-state index in [1.807, 2.05) is 38.2 Å². The smallest absolute Gasteiger partial charge is 0.251 e. The summed E-state index contributed by atoms with van der Waals surface area (Å²) >= 11 is 0. The largest absolute Gasteiger partial charge is 0.348 e. The van der Waals surface area contributed by atoms with Crippen molar-refractivity contribution in [3.8, 4) is 0 Å². The predicted molar refractivity (Wildman–Crippen MR) is 105 cm³/mol. The number of likely N-dealkylation sites (N-methyl/N-ethyl adjacent to an activating group) is 1. The van der Waals surface area contributed by atoms with Crippen molar-refractivity contribution in [2.45, 2.75) is 18.4 Å². The molecule has 6 nitrogen and oxygen atoms in total. The van der Waals surface area contributed by atoms with Gasteiger partial charge in [-0.15, -0.1) is 0 Å².